The molecule has 1 aromatic rings. The van der Waals surface area contributed by atoms with Crippen molar-refractivity contribution in [1.82, 2.24) is 5.32 Å². The fraction of sp³-hybridized carbons (Fsp3) is 0.600. The van der Waals surface area contributed by atoms with Crippen LogP contribution in [0.1, 0.15) is 42.7 Å². The molecule has 1 unspecified atom stereocenters. The number of nitrogens with one attached hydrogen (secondary N) is 1. The van der Waals surface area contributed by atoms with Crippen LogP contribution in [-0.2, 0) is 6.42 Å². The zero-order valence-electron chi connectivity index (χ0n) is 10.6. The molecule has 0 amide bonds. The fourth-order valence-corrected chi connectivity index (χ4v) is 3.60. The van der Waals surface area contributed by atoms with Crippen LogP contribution in [0.5, 0.6) is 0 Å². The van der Waals surface area contributed by atoms with Crippen LogP contribution in [0.4, 0.5) is 0 Å². The lowest BCUT2D eigenvalue weighted by Gasteiger charge is -2.25. The van der Waals surface area contributed by atoms with Gasteiger partial charge in [0.2, 0.25) is 0 Å². The van der Waals surface area contributed by atoms with Crippen LogP contribution in [0, 0.1) is 5.92 Å². The first-order chi connectivity index (χ1) is 8.33. The van der Waals surface area contributed by atoms with E-state index >= 15 is 0 Å². The maximum atomic E-state index is 6.12. The summed E-state index contributed by atoms with van der Waals surface area (Å²) in [6.07, 6.45) is 6.66. The number of hydrogen-bond donors (Lipinski definition) is 1. The van der Waals surface area contributed by atoms with Gasteiger partial charge < -0.3 is 5.32 Å². The Bertz CT molecular complexity index is 399. The fourth-order valence-electron chi connectivity index (χ4n) is 3.42. The van der Waals surface area contributed by atoms with Crippen molar-refractivity contribution in [2.24, 2.45) is 5.92 Å². The molecule has 1 aliphatic heterocycles. The molecule has 18 heavy (non-hydrogen) atoms. The summed E-state index contributed by atoms with van der Waals surface area (Å²) in [5.74, 6) is 1.69. The van der Waals surface area contributed by atoms with Gasteiger partial charge in [0, 0.05) is 5.02 Å². The number of halogens is 2. The molecular formula is C15H21Cl2N. The lowest BCUT2D eigenvalue weighted by atomic mass is 9.85. The Labute approximate surface area is 121 Å². The second kappa shape index (κ2) is 6.27. The van der Waals surface area contributed by atoms with Crippen molar-refractivity contribution in [1.29, 1.82) is 0 Å². The van der Waals surface area contributed by atoms with Crippen LogP contribution in [0.15, 0.2) is 18.2 Å². The summed E-state index contributed by atoms with van der Waals surface area (Å²) in [5.41, 5.74) is 3.07. The maximum Gasteiger partial charge on any atom is 0.0409 e. The molecule has 0 spiro atoms. The maximum absolute atomic E-state index is 6.12. The molecule has 0 aromatic heterocycles. The first-order valence-corrected chi connectivity index (χ1v) is 7.20. The van der Waals surface area contributed by atoms with E-state index in [-0.39, 0.29) is 12.4 Å². The van der Waals surface area contributed by atoms with Crippen molar-refractivity contribution >= 4 is 24.0 Å². The summed E-state index contributed by atoms with van der Waals surface area (Å²) in [6.45, 7) is 2.42. The summed E-state index contributed by atoms with van der Waals surface area (Å²) >= 11 is 6.12. The number of benzene rings is 1. The number of piperidine rings is 1. The highest BCUT2D eigenvalue weighted by atomic mass is 35.5. The molecule has 0 radical (unpaired) electrons. The van der Waals surface area contributed by atoms with Crippen LogP contribution in [0.3, 0.4) is 0 Å². The minimum absolute atomic E-state index is 0. The Morgan fingerprint density at radius 3 is 2.72 bits per heavy atom. The third-order valence-electron chi connectivity index (χ3n) is 4.39. The van der Waals surface area contributed by atoms with Crippen molar-refractivity contribution in [3.63, 3.8) is 0 Å². The molecular weight excluding hydrogens is 265 g/mol. The summed E-state index contributed by atoms with van der Waals surface area (Å²) < 4.78 is 0. The number of hydrogen-bond acceptors (Lipinski definition) is 1. The van der Waals surface area contributed by atoms with E-state index in [0.717, 1.165) is 16.9 Å². The van der Waals surface area contributed by atoms with Crippen molar-refractivity contribution in [3.8, 4) is 0 Å². The van der Waals surface area contributed by atoms with Gasteiger partial charge in [0.05, 0.1) is 0 Å². The largest absolute Gasteiger partial charge is 0.317 e. The predicted octanol–water partition coefficient (Wildman–Crippen LogP) is 4.18. The van der Waals surface area contributed by atoms with E-state index in [1.54, 1.807) is 0 Å². The van der Waals surface area contributed by atoms with Crippen LogP contribution in [0.25, 0.3) is 0 Å². The Balaban J connectivity index is 0.00000120. The molecule has 1 fully saturated rings. The van der Waals surface area contributed by atoms with Gasteiger partial charge in [0.1, 0.15) is 0 Å². The van der Waals surface area contributed by atoms with E-state index < -0.39 is 0 Å². The number of aryl methyl sites for hydroxylation is 1. The molecule has 1 N–H and O–H groups in total. The van der Waals surface area contributed by atoms with Crippen molar-refractivity contribution < 1.29 is 0 Å². The lowest BCUT2D eigenvalue weighted by Crippen LogP contribution is -2.28. The van der Waals surface area contributed by atoms with E-state index in [1.807, 2.05) is 6.07 Å². The first kappa shape index (κ1) is 14.2. The normalized spacial score (nSPS) is 23.5. The molecule has 0 saturated carbocycles. The molecule has 1 nitrogen and oxygen atoms in total. The van der Waals surface area contributed by atoms with Crippen LogP contribution < -0.4 is 5.32 Å². The van der Waals surface area contributed by atoms with Gasteiger partial charge >= 0.3 is 0 Å². The third-order valence-corrected chi connectivity index (χ3v) is 4.62. The van der Waals surface area contributed by atoms with E-state index in [9.17, 15) is 0 Å². The average Bonchev–Trinajstić information content (AvgIpc) is 2.73. The van der Waals surface area contributed by atoms with E-state index in [2.05, 4.69) is 17.4 Å². The lowest BCUT2D eigenvalue weighted by molar-refractivity contribution is 0.330. The van der Waals surface area contributed by atoms with Gasteiger partial charge in [0.25, 0.3) is 0 Å². The summed E-state index contributed by atoms with van der Waals surface area (Å²) in [5, 5.41) is 4.35. The van der Waals surface area contributed by atoms with Gasteiger partial charge in [0.15, 0.2) is 0 Å². The predicted molar refractivity (Wildman–Crippen MR) is 80.0 cm³/mol. The number of rotatable bonds is 2. The highest BCUT2D eigenvalue weighted by Crippen LogP contribution is 2.40. The highest BCUT2D eigenvalue weighted by molar-refractivity contribution is 6.30. The molecule has 0 bridgehead atoms. The molecule has 3 rings (SSSR count). The molecule has 1 heterocycles. The van der Waals surface area contributed by atoms with Crippen molar-refractivity contribution in [2.75, 3.05) is 13.1 Å². The standard InChI is InChI=1S/C15H20ClN.ClH/c16-14-4-3-12-1-2-13(15(12)10-14)9-11-5-7-17-8-6-11;/h3-4,10-11,13,17H,1-2,5-9H2;1H. The summed E-state index contributed by atoms with van der Waals surface area (Å²) in [6, 6.07) is 6.46. The van der Waals surface area contributed by atoms with Crippen LogP contribution in [0.2, 0.25) is 5.02 Å². The first-order valence-electron chi connectivity index (χ1n) is 6.82. The second-order valence-corrected chi connectivity index (χ2v) is 5.94. The average molecular weight is 286 g/mol. The van der Waals surface area contributed by atoms with E-state index in [1.165, 1.54) is 56.3 Å². The molecule has 1 aliphatic carbocycles. The SMILES string of the molecule is Cl.Clc1ccc2c(c1)C(CC1CCNCC1)CC2. The van der Waals surface area contributed by atoms with Gasteiger partial charge in [-0.05, 0) is 80.3 Å². The Morgan fingerprint density at radius 2 is 1.94 bits per heavy atom. The monoisotopic (exact) mass is 285 g/mol. The molecule has 1 aromatic carbocycles. The van der Waals surface area contributed by atoms with Gasteiger partial charge in [-0.25, -0.2) is 0 Å². The molecule has 100 valence electrons. The molecule has 2 aliphatic rings. The summed E-state index contributed by atoms with van der Waals surface area (Å²) in [7, 11) is 0. The Hall–Kier alpha value is -0.240. The van der Waals surface area contributed by atoms with Crippen LogP contribution in [-0.4, -0.2) is 13.1 Å². The summed E-state index contributed by atoms with van der Waals surface area (Å²) in [4.78, 5) is 0. The van der Waals surface area contributed by atoms with Gasteiger partial charge in [-0.3, -0.25) is 0 Å². The molecule has 1 atom stereocenters. The van der Waals surface area contributed by atoms with Crippen molar-refractivity contribution in [2.45, 2.75) is 38.0 Å². The third kappa shape index (κ3) is 3.01. The van der Waals surface area contributed by atoms with Gasteiger partial charge in [-0.2, -0.15) is 0 Å². The highest BCUT2D eigenvalue weighted by Gasteiger charge is 2.26. The minimum atomic E-state index is 0. The van der Waals surface area contributed by atoms with E-state index in [4.69, 9.17) is 11.6 Å². The molecule has 3 heteroatoms. The zero-order chi connectivity index (χ0) is 11.7. The van der Waals surface area contributed by atoms with Gasteiger partial charge in [-0.15, -0.1) is 12.4 Å². The minimum Gasteiger partial charge on any atom is -0.317 e. The van der Waals surface area contributed by atoms with Crippen LogP contribution >= 0.6 is 24.0 Å². The van der Waals surface area contributed by atoms with E-state index in [0.29, 0.717) is 0 Å². The zero-order valence-corrected chi connectivity index (χ0v) is 12.2. The topological polar surface area (TPSA) is 12.0 Å². The van der Waals surface area contributed by atoms with Gasteiger partial charge in [-0.1, -0.05) is 17.7 Å². The Kier molecular flexibility index (Phi) is 4.94. The molecule has 1 saturated heterocycles. The Morgan fingerprint density at radius 1 is 1.17 bits per heavy atom. The number of fused-ring (bicyclic) bond motifs is 1. The second-order valence-electron chi connectivity index (χ2n) is 5.51. The quantitative estimate of drug-likeness (QED) is 0.860. The smallest absolute Gasteiger partial charge is 0.0409 e. The van der Waals surface area contributed by atoms with Crippen molar-refractivity contribution in [3.05, 3.63) is 34.3 Å².